The summed E-state index contributed by atoms with van der Waals surface area (Å²) >= 11 is 1.64. The average molecular weight is 275 g/mol. The van der Waals surface area contributed by atoms with E-state index >= 15 is 0 Å². The Kier molecular flexibility index (Phi) is 3.05. The molecule has 1 aromatic heterocycles. The van der Waals surface area contributed by atoms with Crippen LogP contribution in [0.5, 0.6) is 0 Å². The molecule has 0 unspecified atom stereocenters. The second-order valence-corrected chi connectivity index (χ2v) is 6.60. The van der Waals surface area contributed by atoms with Gasteiger partial charge in [0.25, 0.3) is 0 Å². The van der Waals surface area contributed by atoms with Crippen LogP contribution < -0.4 is 0 Å². The van der Waals surface area contributed by atoms with Crippen LogP contribution in [0.3, 0.4) is 0 Å². The van der Waals surface area contributed by atoms with Crippen LogP contribution in [0.1, 0.15) is 42.7 Å². The Balaban J connectivity index is 2.11. The molecule has 19 heavy (non-hydrogen) atoms. The number of benzene rings is 1. The Hall–Kier alpha value is -1.42. The summed E-state index contributed by atoms with van der Waals surface area (Å²) in [5.41, 5.74) is 1.25. The maximum Gasteiger partial charge on any atom is 0.314 e. The van der Waals surface area contributed by atoms with Crippen LogP contribution in [0.15, 0.2) is 18.2 Å². The number of aryl methyl sites for hydroxylation is 1. The van der Waals surface area contributed by atoms with Crippen LogP contribution in [-0.2, 0) is 10.2 Å². The van der Waals surface area contributed by atoms with E-state index in [1.807, 2.05) is 25.1 Å². The molecule has 1 heterocycles. The maximum absolute atomic E-state index is 11.8. The van der Waals surface area contributed by atoms with Gasteiger partial charge in [-0.3, -0.25) is 4.79 Å². The molecule has 0 atom stereocenters. The molecule has 3 rings (SSSR count). The number of aliphatic carboxylic acids is 1. The zero-order valence-corrected chi connectivity index (χ0v) is 11.8. The van der Waals surface area contributed by atoms with Gasteiger partial charge in [0.1, 0.15) is 0 Å². The van der Waals surface area contributed by atoms with Crippen LogP contribution in [0.4, 0.5) is 0 Å². The molecule has 2 aromatic rings. The first-order valence-corrected chi connectivity index (χ1v) is 7.54. The van der Waals surface area contributed by atoms with E-state index in [4.69, 9.17) is 0 Å². The van der Waals surface area contributed by atoms with Gasteiger partial charge >= 0.3 is 5.97 Å². The highest BCUT2D eigenvalue weighted by molar-refractivity contribution is 7.18. The van der Waals surface area contributed by atoms with Gasteiger partial charge in [-0.1, -0.05) is 25.3 Å². The Bertz CT molecular complexity index is 626. The molecule has 0 bridgehead atoms. The van der Waals surface area contributed by atoms with Crippen LogP contribution >= 0.6 is 11.3 Å². The molecule has 0 saturated heterocycles. The molecular weight excluding hydrogens is 258 g/mol. The van der Waals surface area contributed by atoms with E-state index in [2.05, 4.69) is 4.98 Å². The van der Waals surface area contributed by atoms with Crippen molar-refractivity contribution in [1.82, 2.24) is 4.98 Å². The summed E-state index contributed by atoms with van der Waals surface area (Å²) in [5, 5.41) is 10.7. The third kappa shape index (κ3) is 2.04. The molecule has 3 nitrogen and oxygen atoms in total. The summed E-state index contributed by atoms with van der Waals surface area (Å²) in [6, 6.07) is 5.97. The molecule has 1 saturated carbocycles. The number of thiazole rings is 1. The van der Waals surface area contributed by atoms with Gasteiger partial charge in [-0.2, -0.15) is 0 Å². The molecular formula is C15H17NO2S. The number of rotatable bonds is 2. The SMILES string of the molecule is Cc1nc2ccc(C3(C(=O)O)CCCCC3)cc2s1. The first-order chi connectivity index (χ1) is 9.12. The third-order valence-corrected chi connectivity index (χ3v) is 5.10. The van der Waals surface area contributed by atoms with Gasteiger partial charge < -0.3 is 5.11 Å². The molecule has 0 radical (unpaired) electrons. The minimum absolute atomic E-state index is 0.673. The topological polar surface area (TPSA) is 50.2 Å². The van der Waals surface area contributed by atoms with E-state index in [0.29, 0.717) is 0 Å². The Morgan fingerprint density at radius 3 is 2.74 bits per heavy atom. The summed E-state index contributed by atoms with van der Waals surface area (Å²) in [7, 11) is 0. The summed E-state index contributed by atoms with van der Waals surface area (Å²) < 4.78 is 1.10. The minimum atomic E-state index is -0.676. The molecule has 0 spiro atoms. The molecule has 1 aliphatic rings. The van der Waals surface area contributed by atoms with Gasteiger partial charge in [0.05, 0.1) is 20.6 Å². The summed E-state index contributed by atoms with van der Waals surface area (Å²) in [4.78, 5) is 16.2. The fourth-order valence-corrected chi connectivity index (χ4v) is 3.99. The first-order valence-electron chi connectivity index (χ1n) is 6.73. The van der Waals surface area contributed by atoms with Gasteiger partial charge in [-0.05, 0) is 37.5 Å². The molecule has 4 heteroatoms. The smallest absolute Gasteiger partial charge is 0.314 e. The molecule has 1 fully saturated rings. The average Bonchev–Trinajstić information content (AvgIpc) is 2.78. The normalized spacial score (nSPS) is 18.6. The van der Waals surface area contributed by atoms with Gasteiger partial charge in [-0.25, -0.2) is 4.98 Å². The van der Waals surface area contributed by atoms with Gasteiger partial charge in [0.2, 0.25) is 0 Å². The van der Waals surface area contributed by atoms with Crippen molar-refractivity contribution in [2.75, 3.05) is 0 Å². The van der Waals surface area contributed by atoms with Crippen molar-refractivity contribution in [2.45, 2.75) is 44.4 Å². The van der Waals surface area contributed by atoms with E-state index in [0.717, 1.165) is 52.9 Å². The van der Waals surface area contributed by atoms with Crippen molar-refractivity contribution in [3.8, 4) is 0 Å². The highest BCUT2D eigenvalue weighted by Gasteiger charge is 2.41. The summed E-state index contributed by atoms with van der Waals surface area (Å²) in [5.74, 6) is -0.673. The van der Waals surface area contributed by atoms with Crippen LogP contribution in [0, 0.1) is 6.92 Å². The molecule has 1 aromatic carbocycles. The minimum Gasteiger partial charge on any atom is -0.481 e. The lowest BCUT2D eigenvalue weighted by molar-refractivity contribution is -0.145. The fraction of sp³-hybridized carbons (Fsp3) is 0.467. The van der Waals surface area contributed by atoms with Crippen LogP contribution in [0.2, 0.25) is 0 Å². The van der Waals surface area contributed by atoms with Gasteiger partial charge in [0.15, 0.2) is 0 Å². The number of fused-ring (bicyclic) bond motifs is 1. The van der Waals surface area contributed by atoms with Crippen molar-refractivity contribution in [3.63, 3.8) is 0 Å². The second-order valence-electron chi connectivity index (χ2n) is 5.36. The predicted octanol–water partition coefficient (Wildman–Crippen LogP) is 3.89. The summed E-state index contributed by atoms with van der Waals surface area (Å²) in [6.07, 6.45) is 4.67. The van der Waals surface area contributed by atoms with Crippen molar-refractivity contribution in [2.24, 2.45) is 0 Å². The van der Waals surface area contributed by atoms with E-state index in [1.165, 1.54) is 0 Å². The Labute approximate surface area is 116 Å². The Morgan fingerprint density at radius 2 is 2.05 bits per heavy atom. The molecule has 1 N–H and O–H groups in total. The zero-order chi connectivity index (χ0) is 13.5. The second kappa shape index (κ2) is 4.60. The Morgan fingerprint density at radius 1 is 1.32 bits per heavy atom. The lowest BCUT2D eigenvalue weighted by Gasteiger charge is -2.33. The van der Waals surface area contributed by atoms with Crippen molar-refractivity contribution < 1.29 is 9.90 Å². The number of aromatic nitrogens is 1. The third-order valence-electron chi connectivity index (χ3n) is 4.16. The van der Waals surface area contributed by atoms with Crippen molar-refractivity contribution in [1.29, 1.82) is 0 Å². The number of carbonyl (C=O) groups is 1. The van der Waals surface area contributed by atoms with Crippen molar-refractivity contribution >= 4 is 27.5 Å². The zero-order valence-electron chi connectivity index (χ0n) is 11.0. The predicted molar refractivity (Wildman–Crippen MR) is 76.8 cm³/mol. The van der Waals surface area contributed by atoms with E-state index in [9.17, 15) is 9.90 Å². The van der Waals surface area contributed by atoms with E-state index in [-0.39, 0.29) is 0 Å². The van der Waals surface area contributed by atoms with E-state index in [1.54, 1.807) is 11.3 Å². The lowest BCUT2D eigenvalue weighted by atomic mass is 9.69. The largest absolute Gasteiger partial charge is 0.481 e. The maximum atomic E-state index is 11.8. The molecule has 0 amide bonds. The van der Waals surface area contributed by atoms with Crippen LogP contribution in [0.25, 0.3) is 10.2 Å². The molecule has 100 valence electrons. The monoisotopic (exact) mass is 275 g/mol. The molecule has 0 aliphatic heterocycles. The van der Waals surface area contributed by atoms with Crippen molar-refractivity contribution in [3.05, 3.63) is 28.8 Å². The van der Waals surface area contributed by atoms with Crippen LogP contribution in [-0.4, -0.2) is 16.1 Å². The summed E-state index contributed by atoms with van der Waals surface area (Å²) in [6.45, 7) is 1.98. The molecule has 1 aliphatic carbocycles. The number of hydrogen-bond acceptors (Lipinski definition) is 3. The number of carboxylic acid groups (broad SMARTS) is 1. The number of carboxylic acids is 1. The highest BCUT2D eigenvalue weighted by Crippen LogP contribution is 2.41. The quantitative estimate of drug-likeness (QED) is 0.904. The standard InChI is InChI=1S/C15H17NO2S/c1-10-16-12-6-5-11(9-13(12)19-10)15(14(17)18)7-3-2-4-8-15/h5-6,9H,2-4,7-8H2,1H3,(H,17,18). The van der Waals surface area contributed by atoms with E-state index < -0.39 is 11.4 Å². The first kappa shape index (κ1) is 12.6. The lowest BCUT2D eigenvalue weighted by Crippen LogP contribution is -2.37. The number of nitrogens with zero attached hydrogens (tertiary/aromatic N) is 1. The number of hydrogen-bond donors (Lipinski definition) is 1. The fourth-order valence-electron chi connectivity index (χ4n) is 3.12. The van der Waals surface area contributed by atoms with Gasteiger partial charge in [-0.15, -0.1) is 11.3 Å². The van der Waals surface area contributed by atoms with Gasteiger partial charge in [0, 0.05) is 0 Å². The highest BCUT2D eigenvalue weighted by atomic mass is 32.1.